The van der Waals surface area contributed by atoms with Crippen molar-refractivity contribution in [2.45, 2.75) is 71.3 Å². The molecule has 1 aliphatic rings. The summed E-state index contributed by atoms with van der Waals surface area (Å²) < 4.78 is 0. The molecule has 0 heterocycles. The van der Waals surface area contributed by atoms with E-state index in [9.17, 15) is 4.79 Å². The number of carboxylic acids is 1. The van der Waals surface area contributed by atoms with Gasteiger partial charge in [0.05, 0.1) is 6.42 Å². The molecule has 0 radical (unpaired) electrons. The molecule has 100 valence electrons. The summed E-state index contributed by atoms with van der Waals surface area (Å²) in [6, 6.07) is 0.507. The monoisotopic (exact) mass is 241 g/mol. The van der Waals surface area contributed by atoms with Crippen molar-refractivity contribution in [1.82, 2.24) is 5.32 Å². The first-order valence-corrected chi connectivity index (χ1v) is 7.03. The van der Waals surface area contributed by atoms with E-state index in [0.717, 1.165) is 19.4 Å². The number of rotatable bonds is 7. The molecule has 1 saturated carbocycles. The Labute approximate surface area is 105 Å². The summed E-state index contributed by atoms with van der Waals surface area (Å²) in [4.78, 5) is 11.0. The van der Waals surface area contributed by atoms with Crippen LogP contribution in [-0.2, 0) is 4.79 Å². The van der Waals surface area contributed by atoms with Crippen molar-refractivity contribution in [3.63, 3.8) is 0 Å². The topological polar surface area (TPSA) is 49.3 Å². The minimum atomic E-state index is -0.642. The summed E-state index contributed by atoms with van der Waals surface area (Å²) in [5.74, 6) is -0.642. The van der Waals surface area contributed by atoms with Crippen LogP contribution in [0.25, 0.3) is 0 Å². The molecule has 1 atom stereocenters. The standard InChI is InChI=1S/C14H27NO2/c1-3-7-12(2)15-11-14(10-13(16)17)8-5-4-6-9-14/h12,15H,3-11H2,1-2H3,(H,16,17). The van der Waals surface area contributed by atoms with Crippen molar-refractivity contribution < 1.29 is 9.90 Å². The van der Waals surface area contributed by atoms with Gasteiger partial charge in [0, 0.05) is 12.6 Å². The van der Waals surface area contributed by atoms with Gasteiger partial charge in [0.1, 0.15) is 0 Å². The lowest BCUT2D eigenvalue weighted by atomic mass is 9.71. The van der Waals surface area contributed by atoms with E-state index in [1.165, 1.54) is 32.1 Å². The van der Waals surface area contributed by atoms with Crippen LogP contribution >= 0.6 is 0 Å². The molecule has 1 aliphatic carbocycles. The number of carboxylic acid groups (broad SMARTS) is 1. The maximum Gasteiger partial charge on any atom is 0.303 e. The zero-order valence-corrected chi connectivity index (χ0v) is 11.3. The first-order valence-electron chi connectivity index (χ1n) is 7.03. The molecule has 1 fully saturated rings. The van der Waals surface area contributed by atoms with E-state index in [4.69, 9.17) is 5.11 Å². The normalized spacial score (nSPS) is 21.1. The smallest absolute Gasteiger partial charge is 0.303 e. The van der Waals surface area contributed by atoms with E-state index in [-0.39, 0.29) is 5.41 Å². The molecule has 2 N–H and O–H groups in total. The fourth-order valence-electron chi connectivity index (χ4n) is 2.96. The highest BCUT2D eigenvalue weighted by Gasteiger charge is 2.34. The molecule has 0 spiro atoms. The van der Waals surface area contributed by atoms with Gasteiger partial charge < -0.3 is 10.4 Å². The third-order valence-electron chi connectivity index (χ3n) is 3.99. The van der Waals surface area contributed by atoms with Gasteiger partial charge in [0.15, 0.2) is 0 Å². The average molecular weight is 241 g/mol. The van der Waals surface area contributed by atoms with Crippen LogP contribution in [0.5, 0.6) is 0 Å². The summed E-state index contributed by atoms with van der Waals surface area (Å²) in [5, 5.41) is 12.6. The van der Waals surface area contributed by atoms with E-state index < -0.39 is 5.97 Å². The highest BCUT2D eigenvalue weighted by Crippen LogP contribution is 2.38. The highest BCUT2D eigenvalue weighted by atomic mass is 16.4. The average Bonchev–Trinajstić information content (AvgIpc) is 2.27. The van der Waals surface area contributed by atoms with Gasteiger partial charge in [-0.3, -0.25) is 4.79 Å². The molecular formula is C14H27NO2. The van der Waals surface area contributed by atoms with E-state index in [1.54, 1.807) is 0 Å². The molecular weight excluding hydrogens is 214 g/mol. The van der Waals surface area contributed by atoms with Crippen molar-refractivity contribution in [2.75, 3.05) is 6.54 Å². The van der Waals surface area contributed by atoms with Gasteiger partial charge >= 0.3 is 5.97 Å². The van der Waals surface area contributed by atoms with Crippen LogP contribution in [0, 0.1) is 5.41 Å². The third kappa shape index (κ3) is 5.07. The van der Waals surface area contributed by atoms with Gasteiger partial charge in [-0.05, 0) is 31.6 Å². The maximum absolute atomic E-state index is 11.0. The number of hydrogen-bond donors (Lipinski definition) is 2. The minimum Gasteiger partial charge on any atom is -0.481 e. The fourth-order valence-corrected chi connectivity index (χ4v) is 2.96. The third-order valence-corrected chi connectivity index (χ3v) is 3.99. The Morgan fingerprint density at radius 2 is 2.00 bits per heavy atom. The first kappa shape index (κ1) is 14.5. The SMILES string of the molecule is CCCC(C)NCC1(CC(=O)O)CCCCC1. The molecule has 0 aliphatic heterocycles. The zero-order chi connectivity index (χ0) is 12.7. The second-order valence-electron chi connectivity index (χ2n) is 5.70. The van der Waals surface area contributed by atoms with Crippen molar-refractivity contribution >= 4 is 5.97 Å². The molecule has 3 nitrogen and oxygen atoms in total. The molecule has 0 aromatic rings. The molecule has 1 unspecified atom stereocenters. The zero-order valence-electron chi connectivity index (χ0n) is 11.3. The van der Waals surface area contributed by atoms with Crippen LogP contribution in [0.15, 0.2) is 0 Å². The predicted molar refractivity (Wildman–Crippen MR) is 70.1 cm³/mol. The number of hydrogen-bond acceptors (Lipinski definition) is 2. The van der Waals surface area contributed by atoms with Crippen LogP contribution in [-0.4, -0.2) is 23.7 Å². The summed E-state index contributed by atoms with van der Waals surface area (Å²) in [6.45, 7) is 5.26. The van der Waals surface area contributed by atoms with E-state index in [2.05, 4.69) is 19.2 Å². The lowest BCUT2D eigenvalue weighted by Crippen LogP contribution is -2.41. The number of aliphatic carboxylic acids is 1. The molecule has 3 heteroatoms. The van der Waals surface area contributed by atoms with Gasteiger partial charge in [0.25, 0.3) is 0 Å². The number of nitrogens with one attached hydrogen (secondary N) is 1. The molecule has 0 aromatic heterocycles. The van der Waals surface area contributed by atoms with Gasteiger partial charge in [-0.1, -0.05) is 32.6 Å². The summed E-state index contributed by atoms with van der Waals surface area (Å²) in [6.07, 6.45) is 8.48. The highest BCUT2D eigenvalue weighted by molar-refractivity contribution is 5.67. The van der Waals surface area contributed by atoms with Crippen molar-refractivity contribution in [2.24, 2.45) is 5.41 Å². The second-order valence-corrected chi connectivity index (χ2v) is 5.70. The van der Waals surface area contributed by atoms with Crippen molar-refractivity contribution in [1.29, 1.82) is 0 Å². The van der Waals surface area contributed by atoms with Crippen LogP contribution in [0.3, 0.4) is 0 Å². The van der Waals surface area contributed by atoms with Crippen LogP contribution in [0.4, 0.5) is 0 Å². The van der Waals surface area contributed by atoms with Gasteiger partial charge in [0.2, 0.25) is 0 Å². The largest absolute Gasteiger partial charge is 0.481 e. The Hall–Kier alpha value is -0.570. The quantitative estimate of drug-likeness (QED) is 0.719. The minimum absolute atomic E-state index is 0.0199. The Balaban J connectivity index is 2.48. The Kier molecular flexibility index (Phi) is 5.96. The fraction of sp³-hybridized carbons (Fsp3) is 0.929. The van der Waals surface area contributed by atoms with E-state index in [1.807, 2.05) is 0 Å². The lowest BCUT2D eigenvalue weighted by molar-refractivity contribution is -0.140. The molecule has 0 aromatic carbocycles. The molecule has 1 rings (SSSR count). The Bertz CT molecular complexity index is 234. The Morgan fingerprint density at radius 3 is 2.53 bits per heavy atom. The Morgan fingerprint density at radius 1 is 1.35 bits per heavy atom. The molecule has 0 amide bonds. The molecule has 0 saturated heterocycles. The summed E-state index contributed by atoms with van der Waals surface area (Å²) in [7, 11) is 0. The predicted octanol–water partition coefficient (Wildman–Crippen LogP) is 3.19. The number of carbonyl (C=O) groups is 1. The van der Waals surface area contributed by atoms with E-state index >= 15 is 0 Å². The van der Waals surface area contributed by atoms with Crippen LogP contribution in [0.1, 0.15) is 65.2 Å². The first-order chi connectivity index (χ1) is 8.08. The summed E-state index contributed by atoms with van der Waals surface area (Å²) >= 11 is 0. The van der Waals surface area contributed by atoms with E-state index in [0.29, 0.717) is 12.5 Å². The van der Waals surface area contributed by atoms with Crippen LogP contribution < -0.4 is 5.32 Å². The van der Waals surface area contributed by atoms with Crippen molar-refractivity contribution in [3.8, 4) is 0 Å². The lowest BCUT2D eigenvalue weighted by Gasteiger charge is -2.37. The van der Waals surface area contributed by atoms with Crippen LogP contribution in [0.2, 0.25) is 0 Å². The second kappa shape index (κ2) is 7.00. The van der Waals surface area contributed by atoms with Gasteiger partial charge in [-0.2, -0.15) is 0 Å². The van der Waals surface area contributed by atoms with Crippen molar-refractivity contribution in [3.05, 3.63) is 0 Å². The van der Waals surface area contributed by atoms with Gasteiger partial charge in [-0.15, -0.1) is 0 Å². The molecule has 17 heavy (non-hydrogen) atoms. The van der Waals surface area contributed by atoms with Gasteiger partial charge in [-0.25, -0.2) is 0 Å². The molecule has 0 bridgehead atoms. The summed E-state index contributed by atoms with van der Waals surface area (Å²) in [5.41, 5.74) is 0.0199. The maximum atomic E-state index is 11.0.